The molecule has 0 aliphatic carbocycles. The van der Waals surface area contributed by atoms with Gasteiger partial charge in [-0.2, -0.15) is 0 Å². The van der Waals surface area contributed by atoms with Gasteiger partial charge in [-0.15, -0.1) is 0 Å². The van der Waals surface area contributed by atoms with E-state index in [0.717, 1.165) is 25.7 Å². The fourth-order valence-electron chi connectivity index (χ4n) is 1.72. The monoisotopic (exact) mass is 230 g/mol. The Morgan fingerprint density at radius 2 is 0.812 bits per heavy atom. The molecule has 0 aromatic heterocycles. The highest BCUT2D eigenvalue weighted by Crippen LogP contribution is 2.12. The van der Waals surface area contributed by atoms with Crippen LogP contribution >= 0.6 is 0 Å². The van der Waals surface area contributed by atoms with E-state index in [1.165, 1.54) is 25.7 Å². The molecule has 0 radical (unpaired) electrons. The molecule has 98 valence electrons. The first-order chi connectivity index (χ1) is 7.21. The van der Waals surface area contributed by atoms with Crippen molar-refractivity contribution in [2.75, 3.05) is 0 Å². The maximum atomic E-state index is 5.70. The van der Waals surface area contributed by atoms with Crippen molar-refractivity contribution in [3.05, 3.63) is 0 Å². The third-order valence-electron chi connectivity index (χ3n) is 2.68. The summed E-state index contributed by atoms with van der Waals surface area (Å²) in [4.78, 5) is 0. The summed E-state index contributed by atoms with van der Waals surface area (Å²) in [6, 6.07) is 0. The summed E-state index contributed by atoms with van der Waals surface area (Å²) in [5.41, 5.74) is 21.8. The van der Waals surface area contributed by atoms with E-state index in [-0.39, 0.29) is 0 Å². The Morgan fingerprint density at radius 1 is 0.562 bits per heavy atom. The van der Waals surface area contributed by atoms with Crippen molar-refractivity contribution in [2.45, 2.75) is 76.5 Å². The van der Waals surface area contributed by atoms with E-state index in [4.69, 9.17) is 22.9 Å². The summed E-state index contributed by atoms with van der Waals surface area (Å²) in [5.74, 6) is 0. The highest BCUT2D eigenvalue weighted by Gasteiger charge is 2.10. The topological polar surface area (TPSA) is 104 Å². The van der Waals surface area contributed by atoms with Gasteiger partial charge in [0.25, 0.3) is 0 Å². The number of rotatable bonds is 9. The SMILES string of the molecule is CC(N)(N)CCCCCCCCC(C)(N)N. The Morgan fingerprint density at radius 3 is 1.06 bits per heavy atom. The van der Waals surface area contributed by atoms with Crippen LogP contribution in [0.4, 0.5) is 0 Å². The Kier molecular flexibility index (Phi) is 7.15. The Balaban J connectivity index is 3.17. The molecular formula is C12H30N4. The fraction of sp³-hybridized carbons (Fsp3) is 1.00. The zero-order chi connectivity index (χ0) is 12.7. The van der Waals surface area contributed by atoms with Crippen LogP contribution in [0.1, 0.15) is 65.2 Å². The van der Waals surface area contributed by atoms with Crippen LogP contribution in [0.2, 0.25) is 0 Å². The summed E-state index contributed by atoms with van der Waals surface area (Å²) < 4.78 is 0. The van der Waals surface area contributed by atoms with E-state index >= 15 is 0 Å². The first-order valence-corrected chi connectivity index (χ1v) is 6.36. The molecule has 0 aromatic rings. The lowest BCUT2D eigenvalue weighted by Gasteiger charge is -2.18. The van der Waals surface area contributed by atoms with E-state index in [1.807, 2.05) is 13.8 Å². The van der Waals surface area contributed by atoms with E-state index < -0.39 is 11.3 Å². The summed E-state index contributed by atoms with van der Waals surface area (Å²) in [6.45, 7) is 3.74. The second kappa shape index (κ2) is 7.22. The first kappa shape index (κ1) is 15.8. The molecule has 0 spiro atoms. The average Bonchev–Trinajstić information content (AvgIpc) is 2.06. The van der Waals surface area contributed by atoms with Crippen molar-refractivity contribution in [1.29, 1.82) is 0 Å². The van der Waals surface area contributed by atoms with E-state index in [2.05, 4.69) is 0 Å². The molecule has 0 fully saturated rings. The summed E-state index contributed by atoms with van der Waals surface area (Å²) in [7, 11) is 0. The van der Waals surface area contributed by atoms with Gasteiger partial charge in [-0.05, 0) is 26.7 Å². The standard InChI is InChI=1S/C12H30N4/c1-11(13,14)9-7-5-3-4-6-8-10-12(2,15)16/h3-10,13-16H2,1-2H3. The van der Waals surface area contributed by atoms with Crippen LogP contribution in [0.15, 0.2) is 0 Å². The maximum Gasteiger partial charge on any atom is 0.0607 e. The number of nitrogens with two attached hydrogens (primary N) is 4. The predicted molar refractivity (Wildman–Crippen MR) is 70.5 cm³/mol. The number of unbranched alkanes of at least 4 members (excludes halogenated alkanes) is 5. The third kappa shape index (κ3) is 13.8. The normalized spacial score (nSPS) is 13.1. The van der Waals surface area contributed by atoms with Crippen molar-refractivity contribution in [2.24, 2.45) is 22.9 Å². The van der Waals surface area contributed by atoms with Gasteiger partial charge < -0.3 is 22.9 Å². The van der Waals surface area contributed by atoms with E-state index in [9.17, 15) is 0 Å². The third-order valence-corrected chi connectivity index (χ3v) is 2.68. The zero-order valence-corrected chi connectivity index (χ0v) is 11.0. The van der Waals surface area contributed by atoms with Crippen molar-refractivity contribution in [1.82, 2.24) is 0 Å². The smallest absolute Gasteiger partial charge is 0.0607 e. The summed E-state index contributed by atoms with van der Waals surface area (Å²) in [5, 5.41) is 0. The lowest BCUT2D eigenvalue weighted by molar-refractivity contribution is 0.407. The highest BCUT2D eigenvalue weighted by molar-refractivity contribution is 4.70. The molecule has 0 unspecified atom stereocenters. The number of hydrogen-bond donors (Lipinski definition) is 4. The minimum Gasteiger partial charge on any atom is -0.314 e. The maximum absolute atomic E-state index is 5.70. The van der Waals surface area contributed by atoms with Crippen molar-refractivity contribution >= 4 is 0 Å². The Bertz CT molecular complexity index is 147. The van der Waals surface area contributed by atoms with E-state index in [0.29, 0.717) is 0 Å². The molecule has 0 atom stereocenters. The molecule has 0 aromatic carbocycles. The molecule has 0 saturated heterocycles. The van der Waals surface area contributed by atoms with Crippen LogP contribution < -0.4 is 22.9 Å². The van der Waals surface area contributed by atoms with Gasteiger partial charge in [0.05, 0.1) is 11.3 Å². The van der Waals surface area contributed by atoms with Gasteiger partial charge >= 0.3 is 0 Å². The molecule has 0 bridgehead atoms. The minimum absolute atomic E-state index is 0.499. The van der Waals surface area contributed by atoms with Gasteiger partial charge in [-0.25, -0.2) is 0 Å². The molecule has 0 aliphatic heterocycles. The second-order valence-corrected chi connectivity index (χ2v) is 5.63. The van der Waals surface area contributed by atoms with Gasteiger partial charge in [0.1, 0.15) is 0 Å². The Hall–Kier alpha value is -0.160. The van der Waals surface area contributed by atoms with Crippen molar-refractivity contribution in [3.63, 3.8) is 0 Å². The molecule has 16 heavy (non-hydrogen) atoms. The molecule has 0 aliphatic rings. The molecule has 0 saturated carbocycles. The van der Waals surface area contributed by atoms with Gasteiger partial charge in [-0.3, -0.25) is 0 Å². The van der Waals surface area contributed by atoms with Crippen LogP contribution in [0.5, 0.6) is 0 Å². The van der Waals surface area contributed by atoms with Crippen LogP contribution in [-0.4, -0.2) is 11.3 Å². The molecule has 8 N–H and O–H groups in total. The van der Waals surface area contributed by atoms with Crippen LogP contribution in [0.25, 0.3) is 0 Å². The van der Waals surface area contributed by atoms with Gasteiger partial charge in [0.2, 0.25) is 0 Å². The quantitative estimate of drug-likeness (QED) is 0.355. The second-order valence-electron chi connectivity index (χ2n) is 5.63. The molecule has 0 rings (SSSR count). The van der Waals surface area contributed by atoms with Gasteiger partial charge in [0.15, 0.2) is 0 Å². The molecule has 4 heteroatoms. The fourth-order valence-corrected chi connectivity index (χ4v) is 1.72. The van der Waals surface area contributed by atoms with Gasteiger partial charge in [-0.1, -0.05) is 38.5 Å². The largest absolute Gasteiger partial charge is 0.314 e. The van der Waals surface area contributed by atoms with Crippen molar-refractivity contribution in [3.8, 4) is 0 Å². The van der Waals surface area contributed by atoms with Gasteiger partial charge in [0, 0.05) is 0 Å². The van der Waals surface area contributed by atoms with E-state index in [1.54, 1.807) is 0 Å². The Labute approximate surface area is 100 Å². The molecule has 4 nitrogen and oxygen atoms in total. The van der Waals surface area contributed by atoms with Crippen molar-refractivity contribution < 1.29 is 0 Å². The number of hydrogen-bond acceptors (Lipinski definition) is 4. The van der Waals surface area contributed by atoms with Crippen LogP contribution in [0.3, 0.4) is 0 Å². The average molecular weight is 230 g/mol. The molecular weight excluding hydrogens is 200 g/mol. The van der Waals surface area contributed by atoms with Crippen LogP contribution in [-0.2, 0) is 0 Å². The zero-order valence-electron chi connectivity index (χ0n) is 11.0. The predicted octanol–water partition coefficient (Wildman–Crippen LogP) is 1.37. The van der Waals surface area contributed by atoms with Crippen LogP contribution in [0, 0.1) is 0 Å². The highest BCUT2D eigenvalue weighted by atomic mass is 14.9. The minimum atomic E-state index is -0.499. The molecule has 0 amide bonds. The molecule has 0 heterocycles. The lowest BCUT2D eigenvalue weighted by Crippen LogP contribution is -2.45. The lowest BCUT2D eigenvalue weighted by atomic mass is 10.0. The summed E-state index contributed by atoms with van der Waals surface area (Å²) in [6.07, 6.45) is 8.97. The first-order valence-electron chi connectivity index (χ1n) is 6.36. The summed E-state index contributed by atoms with van der Waals surface area (Å²) >= 11 is 0.